The normalized spacial score (nSPS) is 18.5. The zero-order chi connectivity index (χ0) is 25.3. The molecule has 3 N–H and O–H groups in total. The Balaban J connectivity index is 0.00000167. The SMILES string of the molecule is CC.CC(O)(CF)c1ccc(CN2CCC(Cc3ccc(NC(=O)NC4COC4)cc3)CC2)cc1. The van der Waals surface area contributed by atoms with E-state index in [1.54, 1.807) is 0 Å². The number of urea groups is 1. The molecule has 2 amide bonds. The lowest BCUT2D eigenvalue weighted by atomic mass is 9.90. The highest BCUT2D eigenvalue weighted by Crippen LogP contribution is 2.25. The van der Waals surface area contributed by atoms with Crippen molar-refractivity contribution in [2.24, 2.45) is 5.92 Å². The lowest BCUT2D eigenvalue weighted by molar-refractivity contribution is 0.000735. The molecule has 1 atom stereocenters. The quantitative estimate of drug-likeness (QED) is 0.499. The predicted molar refractivity (Wildman–Crippen MR) is 138 cm³/mol. The molecule has 2 aromatic carbocycles. The van der Waals surface area contributed by atoms with Gasteiger partial charge in [0.05, 0.1) is 19.3 Å². The average Bonchev–Trinajstić information content (AvgIpc) is 2.85. The van der Waals surface area contributed by atoms with Crippen molar-refractivity contribution in [2.45, 2.75) is 58.2 Å². The molecule has 35 heavy (non-hydrogen) atoms. The van der Waals surface area contributed by atoms with Crippen LogP contribution in [0.3, 0.4) is 0 Å². The molecule has 7 heteroatoms. The zero-order valence-corrected chi connectivity index (χ0v) is 21.2. The van der Waals surface area contributed by atoms with Gasteiger partial charge >= 0.3 is 6.03 Å². The van der Waals surface area contributed by atoms with Crippen LogP contribution >= 0.6 is 0 Å². The van der Waals surface area contributed by atoms with E-state index in [0.29, 0.717) is 24.7 Å². The lowest BCUT2D eigenvalue weighted by Crippen LogP contribution is -2.49. The molecule has 6 nitrogen and oxygen atoms in total. The smallest absolute Gasteiger partial charge is 0.319 e. The highest BCUT2D eigenvalue weighted by molar-refractivity contribution is 5.89. The number of nitrogens with one attached hydrogen (secondary N) is 2. The van der Waals surface area contributed by atoms with Gasteiger partial charge in [0.1, 0.15) is 12.3 Å². The Morgan fingerprint density at radius 3 is 2.20 bits per heavy atom. The first-order valence-corrected chi connectivity index (χ1v) is 12.8. The molecule has 2 heterocycles. The van der Waals surface area contributed by atoms with Crippen molar-refractivity contribution in [1.29, 1.82) is 0 Å². The summed E-state index contributed by atoms with van der Waals surface area (Å²) in [6.07, 6.45) is 3.35. The third kappa shape index (κ3) is 8.02. The van der Waals surface area contributed by atoms with Gasteiger partial charge in [-0.1, -0.05) is 50.2 Å². The summed E-state index contributed by atoms with van der Waals surface area (Å²) in [5.74, 6) is 0.656. The molecule has 2 saturated heterocycles. The molecule has 4 rings (SSSR count). The van der Waals surface area contributed by atoms with Crippen LogP contribution in [0.1, 0.15) is 50.3 Å². The summed E-state index contributed by atoms with van der Waals surface area (Å²) in [7, 11) is 0. The van der Waals surface area contributed by atoms with Crippen molar-refractivity contribution in [1.82, 2.24) is 10.2 Å². The van der Waals surface area contributed by atoms with E-state index in [0.717, 1.165) is 44.6 Å². The standard InChI is InChI=1S/C26H34FN3O3.C2H6/c1-26(32,18-27)22-6-2-21(3-7-22)15-30-12-10-20(11-13-30)14-19-4-8-23(9-5-19)28-25(31)29-24-16-33-17-24;1-2/h2-9,20,24,32H,10-18H2,1H3,(H2,28,29,31);1-2H3. The molecule has 2 fully saturated rings. The first-order chi connectivity index (χ1) is 16.9. The molecule has 2 aliphatic heterocycles. The number of rotatable bonds is 8. The second kappa shape index (κ2) is 13.0. The second-order valence-electron chi connectivity index (χ2n) is 9.56. The van der Waals surface area contributed by atoms with Crippen molar-refractivity contribution in [3.05, 3.63) is 65.2 Å². The predicted octanol–water partition coefficient (Wildman–Crippen LogP) is 4.86. The number of piperidine rings is 1. The third-order valence-corrected chi connectivity index (χ3v) is 6.66. The minimum absolute atomic E-state index is 0.118. The molecular formula is C28H40FN3O3. The molecule has 0 saturated carbocycles. The minimum Gasteiger partial charge on any atom is -0.383 e. The van der Waals surface area contributed by atoms with Crippen LogP contribution in [0, 0.1) is 5.92 Å². The van der Waals surface area contributed by atoms with Crippen molar-refractivity contribution in [3.63, 3.8) is 0 Å². The summed E-state index contributed by atoms with van der Waals surface area (Å²) in [5.41, 5.74) is 2.47. The van der Waals surface area contributed by atoms with E-state index in [9.17, 15) is 14.3 Å². The van der Waals surface area contributed by atoms with E-state index in [1.807, 2.05) is 50.2 Å². The number of carbonyl (C=O) groups is 1. The van der Waals surface area contributed by atoms with Gasteiger partial charge in [-0.3, -0.25) is 4.90 Å². The number of halogens is 1. The summed E-state index contributed by atoms with van der Waals surface area (Å²) in [5, 5.41) is 15.8. The van der Waals surface area contributed by atoms with Gasteiger partial charge < -0.3 is 20.5 Å². The van der Waals surface area contributed by atoms with Crippen LogP contribution in [0.5, 0.6) is 0 Å². The lowest BCUT2D eigenvalue weighted by Gasteiger charge is -2.32. The van der Waals surface area contributed by atoms with Crippen LogP contribution < -0.4 is 10.6 Å². The van der Waals surface area contributed by atoms with Gasteiger partial charge in [-0.15, -0.1) is 0 Å². The van der Waals surface area contributed by atoms with Crippen LogP contribution in [0.2, 0.25) is 0 Å². The van der Waals surface area contributed by atoms with Gasteiger partial charge in [-0.25, -0.2) is 9.18 Å². The topological polar surface area (TPSA) is 73.8 Å². The van der Waals surface area contributed by atoms with E-state index < -0.39 is 12.3 Å². The monoisotopic (exact) mass is 485 g/mol. The van der Waals surface area contributed by atoms with Crippen molar-refractivity contribution < 1.29 is 19.0 Å². The van der Waals surface area contributed by atoms with Crippen molar-refractivity contribution >= 4 is 11.7 Å². The fourth-order valence-electron chi connectivity index (χ4n) is 4.38. The molecule has 0 radical (unpaired) electrons. The molecule has 0 spiro atoms. The number of amides is 2. The maximum atomic E-state index is 13.0. The maximum Gasteiger partial charge on any atom is 0.319 e. The van der Waals surface area contributed by atoms with E-state index in [4.69, 9.17) is 4.74 Å². The van der Waals surface area contributed by atoms with Gasteiger partial charge in [0.15, 0.2) is 0 Å². The van der Waals surface area contributed by atoms with Crippen molar-refractivity contribution in [2.75, 3.05) is 38.3 Å². The van der Waals surface area contributed by atoms with Crippen LogP contribution in [0.25, 0.3) is 0 Å². The Bertz CT molecular complexity index is 906. The Kier molecular flexibility index (Phi) is 10.1. The summed E-state index contributed by atoms with van der Waals surface area (Å²) in [6.45, 7) is 8.87. The van der Waals surface area contributed by atoms with Gasteiger partial charge in [0.25, 0.3) is 0 Å². The van der Waals surface area contributed by atoms with E-state index >= 15 is 0 Å². The number of anilines is 1. The molecule has 0 aliphatic carbocycles. The first-order valence-electron chi connectivity index (χ1n) is 12.8. The number of likely N-dealkylation sites (tertiary alicyclic amines) is 1. The number of benzene rings is 2. The molecule has 0 bridgehead atoms. The molecular weight excluding hydrogens is 445 g/mol. The first kappa shape index (κ1) is 27.1. The van der Waals surface area contributed by atoms with Crippen LogP contribution in [-0.4, -0.2) is 55.1 Å². The van der Waals surface area contributed by atoms with Crippen LogP contribution in [0.4, 0.5) is 14.9 Å². The molecule has 2 aliphatic rings. The van der Waals surface area contributed by atoms with Gasteiger partial charge in [-0.2, -0.15) is 0 Å². The highest BCUT2D eigenvalue weighted by Gasteiger charge is 2.24. The summed E-state index contributed by atoms with van der Waals surface area (Å²) < 4.78 is 18.0. The van der Waals surface area contributed by atoms with Crippen LogP contribution in [-0.2, 0) is 23.3 Å². The fourth-order valence-corrected chi connectivity index (χ4v) is 4.38. The Labute approximate surface area is 208 Å². The number of carbonyl (C=O) groups excluding carboxylic acids is 1. The summed E-state index contributed by atoms with van der Waals surface area (Å²) in [4.78, 5) is 14.4. The fraction of sp³-hybridized carbons (Fsp3) is 0.536. The number of alkyl halides is 1. The Hall–Kier alpha value is -2.48. The van der Waals surface area contributed by atoms with E-state index in [1.165, 1.54) is 18.1 Å². The van der Waals surface area contributed by atoms with Gasteiger partial charge in [0.2, 0.25) is 0 Å². The second-order valence-corrected chi connectivity index (χ2v) is 9.56. The number of nitrogens with zero attached hydrogens (tertiary/aromatic N) is 1. The molecule has 0 aromatic heterocycles. The summed E-state index contributed by atoms with van der Waals surface area (Å²) in [6, 6.07) is 15.7. The Morgan fingerprint density at radius 2 is 1.66 bits per heavy atom. The summed E-state index contributed by atoms with van der Waals surface area (Å²) >= 11 is 0. The highest BCUT2D eigenvalue weighted by atomic mass is 19.1. The molecule has 2 aromatic rings. The van der Waals surface area contributed by atoms with Gasteiger partial charge in [0, 0.05) is 12.2 Å². The van der Waals surface area contributed by atoms with E-state index in [-0.39, 0.29) is 12.1 Å². The number of hydrogen-bond donors (Lipinski definition) is 3. The third-order valence-electron chi connectivity index (χ3n) is 6.66. The Morgan fingerprint density at radius 1 is 1.06 bits per heavy atom. The number of ether oxygens (including phenoxy) is 1. The molecule has 1 unspecified atom stereocenters. The average molecular weight is 486 g/mol. The molecule has 192 valence electrons. The van der Waals surface area contributed by atoms with Gasteiger partial charge in [-0.05, 0) is 74.0 Å². The number of hydrogen-bond acceptors (Lipinski definition) is 4. The minimum atomic E-state index is -1.41. The van der Waals surface area contributed by atoms with Crippen LogP contribution in [0.15, 0.2) is 48.5 Å². The van der Waals surface area contributed by atoms with E-state index in [2.05, 4.69) is 27.7 Å². The maximum absolute atomic E-state index is 13.0. The zero-order valence-electron chi connectivity index (χ0n) is 21.2. The van der Waals surface area contributed by atoms with Crippen molar-refractivity contribution in [3.8, 4) is 0 Å². The number of aliphatic hydroxyl groups is 1. The largest absolute Gasteiger partial charge is 0.383 e.